The zero-order valence-corrected chi connectivity index (χ0v) is 13.9. The topological polar surface area (TPSA) is 56.3 Å². The summed E-state index contributed by atoms with van der Waals surface area (Å²) < 4.78 is 5.00. The number of carbonyl (C=O) groups is 2. The van der Waals surface area contributed by atoms with Crippen molar-refractivity contribution >= 4 is 23.4 Å². The van der Waals surface area contributed by atoms with E-state index in [0.717, 1.165) is 11.1 Å². The van der Waals surface area contributed by atoms with Gasteiger partial charge in [0.25, 0.3) is 0 Å². The molecule has 0 bridgehead atoms. The molecule has 3 rings (SSSR count). The Hall–Kier alpha value is -2.98. The molecule has 0 spiro atoms. The molecule has 0 fully saturated rings. The van der Waals surface area contributed by atoms with Gasteiger partial charge in [-0.25, -0.2) is 9.78 Å². The van der Waals surface area contributed by atoms with Gasteiger partial charge in [-0.2, -0.15) is 0 Å². The van der Waals surface area contributed by atoms with Gasteiger partial charge in [0.1, 0.15) is 5.69 Å². The number of hydrogen-bond acceptors (Lipinski definition) is 4. The largest absolute Gasteiger partial charge is 0.453 e. The summed E-state index contributed by atoms with van der Waals surface area (Å²) in [6, 6.07) is 20.0. The van der Waals surface area contributed by atoms with Crippen molar-refractivity contribution in [3.8, 4) is 11.1 Å². The van der Waals surface area contributed by atoms with Gasteiger partial charge >= 0.3 is 5.97 Å². The molecule has 0 saturated carbocycles. The van der Waals surface area contributed by atoms with E-state index in [1.807, 2.05) is 42.5 Å². The lowest BCUT2D eigenvalue weighted by Gasteiger charge is -2.06. The maximum absolute atomic E-state index is 12.2. The molecular formula is C20H14ClNO3. The normalized spacial score (nSPS) is 10.3. The summed E-state index contributed by atoms with van der Waals surface area (Å²) in [4.78, 5) is 27.9. The van der Waals surface area contributed by atoms with E-state index in [1.54, 1.807) is 18.2 Å². The fourth-order valence-electron chi connectivity index (χ4n) is 2.28. The van der Waals surface area contributed by atoms with E-state index in [4.69, 9.17) is 16.3 Å². The predicted molar refractivity (Wildman–Crippen MR) is 95.7 cm³/mol. The predicted octanol–water partition coefficient (Wildman–Crippen LogP) is 4.44. The van der Waals surface area contributed by atoms with Crippen LogP contribution in [0.5, 0.6) is 0 Å². The molecule has 0 amide bonds. The van der Waals surface area contributed by atoms with Gasteiger partial charge in [-0.15, -0.1) is 0 Å². The third-order valence-corrected chi connectivity index (χ3v) is 3.81. The minimum atomic E-state index is -0.684. The fourth-order valence-corrected chi connectivity index (χ4v) is 2.44. The number of nitrogens with zero attached hydrogens (tertiary/aromatic N) is 1. The Bertz CT molecular complexity index is 892. The first-order valence-electron chi connectivity index (χ1n) is 7.61. The number of benzene rings is 2. The van der Waals surface area contributed by atoms with Gasteiger partial charge in [0, 0.05) is 16.8 Å². The van der Waals surface area contributed by atoms with E-state index in [0.29, 0.717) is 10.6 Å². The van der Waals surface area contributed by atoms with Crippen LogP contribution in [0.15, 0.2) is 72.9 Å². The highest BCUT2D eigenvalue weighted by Gasteiger charge is 2.13. The second-order valence-corrected chi connectivity index (χ2v) is 5.74. The molecule has 124 valence electrons. The molecule has 0 saturated heterocycles. The first kappa shape index (κ1) is 16.9. The average Bonchev–Trinajstić information content (AvgIpc) is 2.66. The molecule has 0 radical (unpaired) electrons. The highest BCUT2D eigenvalue weighted by molar-refractivity contribution is 6.30. The van der Waals surface area contributed by atoms with Crippen molar-refractivity contribution < 1.29 is 14.3 Å². The lowest BCUT2D eigenvalue weighted by molar-refractivity contribution is 0.0469. The second-order valence-electron chi connectivity index (χ2n) is 5.30. The van der Waals surface area contributed by atoms with Gasteiger partial charge in [-0.3, -0.25) is 4.79 Å². The molecule has 0 aliphatic heterocycles. The van der Waals surface area contributed by atoms with Crippen LogP contribution in [0.25, 0.3) is 11.1 Å². The van der Waals surface area contributed by atoms with Crippen molar-refractivity contribution in [2.24, 2.45) is 0 Å². The minimum absolute atomic E-state index is 0.0692. The van der Waals surface area contributed by atoms with E-state index < -0.39 is 5.97 Å². The van der Waals surface area contributed by atoms with Crippen LogP contribution in [-0.4, -0.2) is 23.3 Å². The number of carbonyl (C=O) groups excluding carboxylic acids is 2. The van der Waals surface area contributed by atoms with Gasteiger partial charge in [0.15, 0.2) is 12.4 Å². The van der Waals surface area contributed by atoms with Crippen LogP contribution in [0.2, 0.25) is 5.02 Å². The van der Waals surface area contributed by atoms with E-state index >= 15 is 0 Å². The molecule has 2 aromatic carbocycles. The third kappa shape index (κ3) is 4.31. The molecule has 4 nitrogen and oxygen atoms in total. The summed E-state index contributed by atoms with van der Waals surface area (Å²) >= 11 is 5.80. The van der Waals surface area contributed by atoms with Crippen LogP contribution in [0.4, 0.5) is 0 Å². The smallest absolute Gasteiger partial charge is 0.357 e. The second kappa shape index (κ2) is 7.73. The molecule has 0 aliphatic carbocycles. The summed E-state index contributed by atoms with van der Waals surface area (Å²) in [6.07, 6.45) is 1.41. The highest BCUT2D eigenvalue weighted by Crippen LogP contribution is 2.19. The first-order valence-corrected chi connectivity index (χ1v) is 7.98. The number of halogens is 1. The highest BCUT2D eigenvalue weighted by atomic mass is 35.5. The standard InChI is InChI=1S/C20H14ClNO3/c21-17-10-11-22-18(12-17)20(24)25-13-19(23)16-8-6-15(7-9-16)14-4-2-1-3-5-14/h1-12H,13H2. The van der Waals surface area contributed by atoms with Crippen molar-refractivity contribution in [2.45, 2.75) is 0 Å². The number of ketones is 1. The summed E-state index contributed by atoms with van der Waals surface area (Å²) in [7, 11) is 0. The number of pyridine rings is 1. The minimum Gasteiger partial charge on any atom is -0.453 e. The number of hydrogen-bond donors (Lipinski definition) is 0. The number of rotatable bonds is 5. The molecular weight excluding hydrogens is 338 g/mol. The zero-order chi connectivity index (χ0) is 17.6. The molecule has 0 atom stereocenters. The molecule has 1 aromatic heterocycles. The van der Waals surface area contributed by atoms with Crippen LogP contribution in [0.1, 0.15) is 20.8 Å². The van der Waals surface area contributed by atoms with E-state index in [-0.39, 0.29) is 18.1 Å². The average molecular weight is 352 g/mol. The SMILES string of the molecule is O=C(COC(=O)c1cc(Cl)ccn1)c1ccc(-c2ccccc2)cc1. The Kier molecular flexibility index (Phi) is 5.21. The Balaban J connectivity index is 1.63. The van der Waals surface area contributed by atoms with E-state index in [2.05, 4.69) is 4.98 Å². The van der Waals surface area contributed by atoms with Crippen LogP contribution in [0.3, 0.4) is 0 Å². The fraction of sp³-hybridized carbons (Fsp3) is 0.0500. The lowest BCUT2D eigenvalue weighted by Crippen LogP contribution is -2.15. The molecule has 5 heteroatoms. The van der Waals surface area contributed by atoms with E-state index in [1.165, 1.54) is 12.3 Å². The number of esters is 1. The molecule has 3 aromatic rings. The van der Waals surface area contributed by atoms with Crippen molar-refractivity contribution in [2.75, 3.05) is 6.61 Å². The number of Topliss-reactive ketones (excluding diaryl/α,β-unsaturated/α-hetero) is 1. The van der Waals surface area contributed by atoms with Gasteiger partial charge in [0.05, 0.1) is 0 Å². The quantitative estimate of drug-likeness (QED) is 0.503. The van der Waals surface area contributed by atoms with Crippen LogP contribution < -0.4 is 0 Å². The van der Waals surface area contributed by atoms with Gasteiger partial charge < -0.3 is 4.74 Å². The third-order valence-electron chi connectivity index (χ3n) is 3.58. The summed E-state index contributed by atoms with van der Waals surface area (Å²) in [6.45, 7) is -0.349. The Labute approximate surface area is 150 Å². The zero-order valence-electron chi connectivity index (χ0n) is 13.2. The number of ether oxygens (including phenoxy) is 1. The van der Waals surface area contributed by atoms with Gasteiger partial charge in [0.2, 0.25) is 0 Å². The lowest BCUT2D eigenvalue weighted by atomic mass is 10.0. The van der Waals surface area contributed by atoms with Crippen molar-refractivity contribution in [1.29, 1.82) is 0 Å². The van der Waals surface area contributed by atoms with Crippen molar-refractivity contribution in [3.63, 3.8) is 0 Å². The van der Waals surface area contributed by atoms with Crippen LogP contribution in [-0.2, 0) is 4.74 Å². The Morgan fingerprint density at radius 1 is 0.920 bits per heavy atom. The monoisotopic (exact) mass is 351 g/mol. The van der Waals surface area contributed by atoms with Crippen molar-refractivity contribution in [3.05, 3.63) is 89.2 Å². The molecule has 0 N–H and O–H groups in total. The van der Waals surface area contributed by atoms with Gasteiger partial charge in [-0.1, -0.05) is 66.2 Å². The summed E-state index contributed by atoms with van der Waals surface area (Å²) in [5.74, 6) is -0.966. The van der Waals surface area contributed by atoms with Crippen molar-refractivity contribution in [1.82, 2.24) is 4.98 Å². The summed E-state index contributed by atoms with van der Waals surface area (Å²) in [5, 5.41) is 0.379. The molecule has 25 heavy (non-hydrogen) atoms. The molecule has 0 aliphatic rings. The summed E-state index contributed by atoms with van der Waals surface area (Å²) in [5.41, 5.74) is 2.63. The Morgan fingerprint density at radius 2 is 1.60 bits per heavy atom. The van der Waals surface area contributed by atoms with Crippen LogP contribution >= 0.6 is 11.6 Å². The van der Waals surface area contributed by atoms with Gasteiger partial charge in [-0.05, 0) is 23.3 Å². The maximum Gasteiger partial charge on any atom is 0.357 e. The Morgan fingerprint density at radius 3 is 2.28 bits per heavy atom. The molecule has 1 heterocycles. The molecule has 0 unspecified atom stereocenters. The van der Waals surface area contributed by atoms with Crippen LogP contribution in [0, 0.1) is 0 Å². The van der Waals surface area contributed by atoms with E-state index in [9.17, 15) is 9.59 Å². The first-order chi connectivity index (χ1) is 12.1. The number of aromatic nitrogens is 1. The maximum atomic E-state index is 12.2.